The number of carbonyl (C=O) groups is 2. The van der Waals surface area contributed by atoms with E-state index in [1.807, 2.05) is 0 Å². The van der Waals surface area contributed by atoms with Crippen LogP contribution in [0.2, 0.25) is 0 Å². The molecule has 1 heterocycles. The van der Waals surface area contributed by atoms with E-state index in [1.54, 1.807) is 12.1 Å². The molecule has 1 unspecified atom stereocenters. The van der Waals surface area contributed by atoms with Crippen LogP contribution in [0.25, 0.3) is 0 Å². The molecule has 2 rings (SSSR count). The van der Waals surface area contributed by atoms with E-state index in [0.717, 1.165) is 12.8 Å². The Hall–Kier alpha value is -2.24. The molecule has 1 aromatic carbocycles. The van der Waals surface area contributed by atoms with E-state index in [1.165, 1.54) is 18.1 Å². The number of aliphatic carboxylic acids is 1. The average molecular weight is 278 g/mol. The molecule has 1 aromatic rings. The number of carboxylic acids is 1. The van der Waals surface area contributed by atoms with Gasteiger partial charge in [-0.1, -0.05) is 0 Å². The van der Waals surface area contributed by atoms with Gasteiger partial charge in [0.2, 0.25) is 0 Å². The number of hydrogen-bond acceptors (Lipinski definition) is 4. The fourth-order valence-corrected chi connectivity index (χ4v) is 2.46. The number of amides is 1. The number of ether oxygens (including phenoxy) is 1. The zero-order valence-electron chi connectivity index (χ0n) is 11.3. The summed E-state index contributed by atoms with van der Waals surface area (Å²) >= 11 is 0. The summed E-state index contributed by atoms with van der Waals surface area (Å²) in [4.78, 5) is 25.1. The van der Waals surface area contributed by atoms with Gasteiger partial charge in [-0.25, -0.2) is 4.79 Å². The lowest BCUT2D eigenvalue weighted by molar-refractivity contribution is -0.143. The van der Waals surface area contributed by atoms with Gasteiger partial charge in [0.1, 0.15) is 11.8 Å². The van der Waals surface area contributed by atoms with Crippen LogP contribution < -0.4 is 10.5 Å². The van der Waals surface area contributed by atoms with Gasteiger partial charge in [0.05, 0.1) is 12.8 Å². The molecule has 6 nitrogen and oxygen atoms in total. The third kappa shape index (κ3) is 2.68. The van der Waals surface area contributed by atoms with E-state index in [0.29, 0.717) is 30.0 Å². The largest absolute Gasteiger partial charge is 0.495 e. The van der Waals surface area contributed by atoms with Crippen LogP contribution in [0.1, 0.15) is 29.6 Å². The van der Waals surface area contributed by atoms with Crippen molar-refractivity contribution in [2.45, 2.75) is 25.3 Å². The summed E-state index contributed by atoms with van der Waals surface area (Å²) in [6.45, 7) is 0.460. The summed E-state index contributed by atoms with van der Waals surface area (Å²) in [5, 5.41) is 9.20. The zero-order valence-corrected chi connectivity index (χ0v) is 11.3. The van der Waals surface area contributed by atoms with E-state index in [-0.39, 0.29) is 5.91 Å². The molecular formula is C14H18N2O4. The van der Waals surface area contributed by atoms with Crippen LogP contribution in [-0.4, -0.2) is 41.6 Å². The van der Waals surface area contributed by atoms with E-state index >= 15 is 0 Å². The molecule has 0 saturated carbocycles. The number of likely N-dealkylation sites (tertiary alicyclic amines) is 1. The molecule has 108 valence electrons. The lowest BCUT2D eigenvalue weighted by Crippen LogP contribution is -2.48. The summed E-state index contributed by atoms with van der Waals surface area (Å²) in [5.74, 6) is -0.763. The molecule has 6 heteroatoms. The van der Waals surface area contributed by atoms with Crippen molar-refractivity contribution in [3.63, 3.8) is 0 Å². The SMILES string of the molecule is COc1ccc(C(=O)N2CCCCC2C(=O)O)cc1N. The molecule has 1 aliphatic rings. The number of benzene rings is 1. The van der Waals surface area contributed by atoms with E-state index in [4.69, 9.17) is 10.5 Å². The second-order valence-electron chi connectivity index (χ2n) is 4.81. The molecular weight excluding hydrogens is 260 g/mol. The second-order valence-corrected chi connectivity index (χ2v) is 4.81. The highest BCUT2D eigenvalue weighted by Crippen LogP contribution is 2.25. The van der Waals surface area contributed by atoms with E-state index in [9.17, 15) is 14.7 Å². The molecule has 0 aliphatic carbocycles. The summed E-state index contributed by atoms with van der Waals surface area (Å²) in [7, 11) is 1.50. The van der Waals surface area contributed by atoms with Gasteiger partial charge in [-0.05, 0) is 37.5 Å². The van der Waals surface area contributed by atoms with Gasteiger partial charge >= 0.3 is 5.97 Å². The van der Waals surface area contributed by atoms with Crippen LogP contribution in [-0.2, 0) is 4.79 Å². The predicted molar refractivity (Wildman–Crippen MR) is 73.7 cm³/mol. The Morgan fingerprint density at radius 1 is 1.40 bits per heavy atom. The Balaban J connectivity index is 2.25. The van der Waals surface area contributed by atoms with Crippen molar-refractivity contribution in [1.82, 2.24) is 4.90 Å². The average Bonchev–Trinajstić information content (AvgIpc) is 2.46. The minimum absolute atomic E-state index is 0.300. The zero-order chi connectivity index (χ0) is 14.7. The summed E-state index contributed by atoms with van der Waals surface area (Å²) < 4.78 is 5.04. The number of piperidine rings is 1. The third-order valence-electron chi connectivity index (χ3n) is 3.53. The normalized spacial score (nSPS) is 18.6. The van der Waals surface area contributed by atoms with Crippen molar-refractivity contribution in [2.75, 3.05) is 19.4 Å². The quantitative estimate of drug-likeness (QED) is 0.814. The van der Waals surface area contributed by atoms with Crippen LogP contribution in [0.5, 0.6) is 5.75 Å². The molecule has 0 aromatic heterocycles. The molecule has 20 heavy (non-hydrogen) atoms. The maximum Gasteiger partial charge on any atom is 0.326 e. The van der Waals surface area contributed by atoms with Crippen LogP contribution in [0.4, 0.5) is 5.69 Å². The van der Waals surface area contributed by atoms with E-state index < -0.39 is 12.0 Å². The molecule has 0 radical (unpaired) electrons. The van der Waals surface area contributed by atoms with Crippen molar-refractivity contribution < 1.29 is 19.4 Å². The number of carboxylic acid groups (broad SMARTS) is 1. The number of anilines is 1. The van der Waals surface area contributed by atoms with Gasteiger partial charge in [0, 0.05) is 12.1 Å². The first-order chi connectivity index (χ1) is 9.54. The highest BCUT2D eigenvalue weighted by molar-refractivity contribution is 5.97. The van der Waals surface area contributed by atoms with Gasteiger partial charge in [-0.15, -0.1) is 0 Å². The Kier molecular flexibility index (Phi) is 4.12. The van der Waals surface area contributed by atoms with Crippen LogP contribution in [0, 0.1) is 0 Å². The maximum absolute atomic E-state index is 12.4. The van der Waals surface area contributed by atoms with Crippen LogP contribution in [0.3, 0.4) is 0 Å². The minimum atomic E-state index is -0.959. The molecule has 0 bridgehead atoms. The van der Waals surface area contributed by atoms with Gasteiger partial charge < -0.3 is 20.5 Å². The first-order valence-corrected chi connectivity index (χ1v) is 6.52. The van der Waals surface area contributed by atoms with Gasteiger partial charge in [-0.2, -0.15) is 0 Å². The third-order valence-corrected chi connectivity index (χ3v) is 3.53. The monoisotopic (exact) mass is 278 g/mol. The fourth-order valence-electron chi connectivity index (χ4n) is 2.46. The highest BCUT2D eigenvalue weighted by atomic mass is 16.5. The number of nitrogen functional groups attached to an aromatic ring is 1. The molecule has 1 atom stereocenters. The lowest BCUT2D eigenvalue weighted by atomic mass is 10.0. The van der Waals surface area contributed by atoms with Crippen molar-refractivity contribution in [3.05, 3.63) is 23.8 Å². The summed E-state index contributed by atoms with van der Waals surface area (Å²) in [5.41, 5.74) is 6.53. The molecule has 3 N–H and O–H groups in total. The lowest BCUT2D eigenvalue weighted by Gasteiger charge is -2.33. The second kappa shape index (κ2) is 5.81. The topological polar surface area (TPSA) is 92.9 Å². The Morgan fingerprint density at radius 2 is 2.15 bits per heavy atom. The Morgan fingerprint density at radius 3 is 2.75 bits per heavy atom. The number of rotatable bonds is 3. The van der Waals surface area contributed by atoms with Crippen molar-refractivity contribution in [2.24, 2.45) is 0 Å². The van der Waals surface area contributed by atoms with Crippen molar-refractivity contribution in [1.29, 1.82) is 0 Å². The molecule has 1 aliphatic heterocycles. The number of nitrogens with two attached hydrogens (primary N) is 1. The predicted octanol–water partition coefficient (Wildman–Crippen LogP) is 1.36. The molecule has 1 amide bonds. The highest BCUT2D eigenvalue weighted by Gasteiger charge is 2.32. The molecule has 1 fully saturated rings. The summed E-state index contributed by atoms with van der Waals surface area (Å²) in [6.07, 6.45) is 2.14. The van der Waals surface area contributed by atoms with Crippen molar-refractivity contribution >= 4 is 17.6 Å². The number of carbonyl (C=O) groups excluding carboxylic acids is 1. The number of methoxy groups -OCH3 is 1. The Bertz CT molecular complexity index is 530. The standard InChI is InChI=1S/C14H18N2O4/c1-20-12-6-5-9(8-10(12)15)13(17)16-7-3-2-4-11(16)14(18)19/h5-6,8,11H,2-4,7,15H2,1H3,(H,18,19). The van der Waals surface area contributed by atoms with Crippen LogP contribution >= 0.6 is 0 Å². The maximum atomic E-state index is 12.4. The van der Waals surface area contributed by atoms with Gasteiger partial charge in [-0.3, -0.25) is 4.79 Å². The fraction of sp³-hybridized carbons (Fsp3) is 0.429. The summed E-state index contributed by atoms with van der Waals surface area (Å²) in [6, 6.07) is 3.99. The molecule has 1 saturated heterocycles. The van der Waals surface area contributed by atoms with Gasteiger partial charge in [0.25, 0.3) is 5.91 Å². The minimum Gasteiger partial charge on any atom is -0.495 e. The number of hydrogen-bond donors (Lipinski definition) is 2. The van der Waals surface area contributed by atoms with Crippen LogP contribution in [0.15, 0.2) is 18.2 Å². The Labute approximate surface area is 117 Å². The van der Waals surface area contributed by atoms with Gasteiger partial charge in [0.15, 0.2) is 0 Å². The first-order valence-electron chi connectivity index (χ1n) is 6.52. The first kappa shape index (κ1) is 14.2. The smallest absolute Gasteiger partial charge is 0.326 e. The number of nitrogens with zero attached hydrogens (tertiary/aromatic N) is 1. The molecule has 0 spiro atoms. The van der Waals surface area contributed by atoms with E-state index in [2.05, 4.69) is 0 Å². The van der Waals surface area contributed by atoms with Crippen molar-refractivity contribution in [3.8, 4) is 5.75 Å².